The number of hydrogen-bond donors (Lipinski definition) is 0. The molecule has 8 heteroatoms. The fourth-order valence-electron chi connectivity index (χ4n) is 2.37. The van der Waals surface area contributed by atoms with Crippen LogP contribution in [0.4, 0.5) is 0 Å². The first-order valence-corrected chi connectivity index (χ1v) is 8.42. The highest BCUT2D eigenvalue weighted by Crippen LogP contribution is 2.31. The van der Waals surface area contributed by atoms with Crippen LogP contribution in [0.15, 0.2) is 47.0 Å². The Morgan fingerprint density at radius 2 is 1.89 bits per heavy atom. The maximum atomic E-state index is 11.9. The molecule has 1 aromatic heterocycles. The number of carbonyl (C=O) groups excluding carboxylic acids is 1. The maximum Gasteiger partial charge on any atom is 0.310 e. The number of esters is 1. The van der Waals surface area contributed by atoms with E-state index in [1.807, 2.05) is 0 Å². The molecule has 140 valence electrons. The van der Waals surface area contributed by atoms with Gasteiger partial charge in [-0.1, -0.05) is 28.9 Å². The fourth-order valence-corrected chi connectivity index (χ4v) is 2.49. The van der Waals surface area contributed by atoms with Gasteiger partial charge in [0.2, 0.25) is 5.82 Å². The Hall–Kier alpha value is -3.06. The van der Waals surface area contributed by atoms with Crippen LogP contribution in [-0.2, 0) is 22.6 Å². The summed E-state index contributed by atoms with van der Waals surface area (Å²) in [7, 11) is 3.11. The molecule has 7 nitrogen and oxygen atoms in total. The number of carbonyl (C=O) groups is 1. The van der Waals surface area contributed by atoms with Crippen molar-refractivity contribution in [3.8, 4) is 22.9 Å². The van der Waals surface area contributed by atoms with Crippen molar-refractivity contribution in [3.05, 3.63) is 58.9 Å². The number of halogens is 1. The Kier molecular flexibility index (Phi) is 5.93. The lowest BCUT2D eigenvalue weighted by Gasteiger charge is -2.07. The number of benzene rings is 2. The minimum Gasteiger partial charge on any atom is -0.497 e. The first-order valence-electron chi connectivity index (χ1n) is 8.04. The molecule has 2 aromatic carbocycles. The third-order valence-electron chi connectivity index (χ3n) is 3.74. The minimum absolute atomic E-state index is 0.113. The Bertz CT molecular complexity index is 924. The highest BCUT2D eigenvalue weighted by atomic mass is 35.5. The quantitative estimate of drug-likeness (QED) is 0.570. The van der Waals surface area contributed by atoms with Crippen LogP contribution in [0.3, 0.4) is 0 Å². The summed E-state index contributed by atoms with van der Waals surface area (Å²) in [5.41, 5.74) is 1.44. The summed E-state index contributed by atoms with van der Waals surface area (Å²) in [6.45, 7) is -0.113. The van der Waals surface area contributed by atoms with Gasteiger partial charge in [0.1, 0.15) is 11.5 Å². The molecule has 3 aromatic rings. The molecule has 3 rings (SSSR count). The number of hydrogen-bond acceptors (Lipinski definition) is 7. The monoisotopic (exact) mass is 388 g/mol. The molecule has 0 aliphatic carbocycles. The maximum absolute atomic E-state index is 11.9. The van der Waals surface area contributed by atoms with Crippen molar-refractivity contribution < 1.29 is 23.5 Å². The lowest BCUT2D eigenvalue weighted by atomic mass is 10.1. The van der Waals surface area contributed by atoms with Gasteiger partial charge in [0.05, 0.1) is 26.2 Å². The number of aromatic nitrogens is 2. The summed E-state index contributed by atoms with van der Waals surface area (Å²) in [6, 6.07) is 12.2. The number of methoxy groups -OCH3 is 2. The molecule has 0 saturated heterocycles. The molecule has 0 N–H and O–H groups in total. The van der Waals surface area contributed by atoms with Crippen molar-refractivity contribution >= 4 is 17.6 Å². The summed E-state index contributed by atoms with van der Waals surface area (Å²) >= 11 is 5.82. The molecule has 0 bridgehead atoms. The van der Waals surface area contributed by atoms with E-state index in [2.05, 4.69) is 10.1 Å². The second-order valence-corrected chi connectivity index (χ2v) is 5.98. The van der Waals surface area contributed by atoms with E-state index in [0.29, 0.717) is 27.9 Å². The molecule has 0 aliphatic rings. The number of ether oxygens (including phenoxy) is 3. The van der Waals surface area contributed by atoms with Gasteiger partial charge in [0, 0.05) is 11.1 Å². The van der Waals surface area contributed by atoms with E-state index in [1.165, 1.54) is 7.11 Å². The highest BCUT2D eigenvalue weighted by molar-refractivity contribution is 6.30. The molecule has 1 heterocycles. The van der Waals surface area contributed by atoms with Gasteiger partial charge in [-0.25, -0.2) is 0 Å². The molecule has 0 saturated carbocycles. The topological polar surface area (TPSA) is 83.7 Å². The molecule has 0 radical (unpaired) electrons. The van der Waals surface area contributed by atoms with Crippen LogP contribution in [0.25, 0.3) is 11.4 Å². The van der Waals surface area contributed by atoms with E-state index in [-0.39, 0.29) is 18.9 Å². The van der Waals surface area contributed by atoms with Gasteiger partial charge in [0.15, 0.2) is 6.61 Å². The zero-order valence-electron chi connectivity index (χ0n) is 14.8. The van der Waals surface area contributed by atoms with Gasteiger partial charge in [0.25, 0.3) is 5.89 Å². The molecular weight excluding hydrogens is 372 g/mol. The summed E-state index contributed by atoms with van der Waals surface area (Å²) in [5.74, 6) is 1.31. The second kappa shape index (κ2) is 8.55. The Balaban J connectivity index is 1.62. The van der Waals surface area contributed by atoms with Gasteiger partial charge < -0.3 is 18.7 Å². The van der Waals surface area contributed by atoms with E-state index in [0.717, 1.165) is 5.56 Å². The largest absolute Gasteiger partial charge is 0.497 e. The highest BCUT2D eigenvalue weighted by Gasteiger charge is 2.15. The van der Waals surface area contributed by atoms with E-state index in [1.54, 1.807) is 49.6 Å². The average Bonchev–Trinajstić information content (AvgIpc) is 3.16. The third kappa shape index (κ3) is 4.77. The van der Waals surface area contributed by atoms with Crippen molar-refractivity contribution in [2.75, 3.05) is 14.2 Å². The van der Waals surface area contributed by atoms with Crippen molar-refractivity contribution in [1.82, 2.24) is 10.1 Å². The predicted molar refractivity (Wildman–Crippen MR) is 97.8 cm³/mol. The Morgan fingerprint density at radius 1 is 1.11 bits per heavy atom. The van der Waals surface area contributed by atoms with Crippen LogP contribution < -0.4 is 9.47 Å². The van der Waals surface area contributed by atoms with Crippen molar-refractivity contribution in [2.24, 2.45) is 0 Å². The summed E-state index contributed by atoms with van der Waals surface area (Å²) in [5, 5.41) is 4.52. The third-order valence-corrected chi connectivity index (χ3v) is 3.99. The number of rotatable bonds is 7. The van der Waals surface area contributed by atoms with Crippen molar-refractivity contribution in [1.29, 1.82) is 0 Å². The first-order chi connectivity index (χ1) is 13.1. The normalized spacial score (nSPS) is 10.5. The molecular formula is C19H17ClN2O5. The predicted octanol–water partition coefficient (Wildman–Crippen LogP) is 3.69. The van der Waals surface area contributed by atoms with Crippen molar-refractivity contribution in [2.45, 2.75) is 13.0 Å². The lowest BCUT2D eigenvalue weighted by molar-refractivity contribution is -0.144. The first kappa shape index (κ1) is 18.7. The molecule has 27 heavy (non-hydrogen) atoms. The lowest BCUT2D eigenvalue weighted by Crippen LogP contribution is -2.08. The van der Waals surface area contributed by atoms with E-state index in [4.69, 9.17) is 30.3 Å². The van der Waals surface area contributed by atoms with Crippen LogP contribution in [0, 0.1) is 0 Å². The van der Waals surface area contributed by atoms with Crippen LogP contribution in [0.1, 0.15) is 11.5 Å². The zero-order chi connectivity index (χ0) is 19.2. The number of nitrogens with zero attached hydrogens (tertiary/aromatic N) is 2. The van der Waals surface area contributed by atoms with Crippen LogP contribution >= 0.6 is 11.6 Å². The zero-order valence-corrected chi connectivity index (χ0v) is 15.5. The van der Waals surface area contributed by atoms with Crippen molar-refractivity contribution in [3.63, 3.8) is 0 Å². The van der Waals surface area contributed by atoms with Crippen LogP contribution in [0.5, 0.6) is 11.5 Å². The molecule has 0 amide bonds. The second-order valence-electron chi connectivity index (χ2n) is 5.54. The minimum atomic E-state index is -0.404. The van der Waals surface area contributed by atoms with Crippen LogP contribution in [0.2, 0.25) is 5.02 Å². The fraction of sp³-hybridized carbons (Fsp3) is 0.211. The van der Waals surface area contributed by atoms with Gasteiger partial charge in [-0.2, -0.15) is 4.98 Å². The molecule has 0 spiro atoms. The Labute approximate surface area is 160 Å². The van der Waals surface area contributed by atoms with Gasteiger partial charge >= 0.3 is 5.97 Å². The smallest absolute Gasteiger partial charge is 0.310 e. The average molecular weight is 389 g/mol. The molecule has 0 aliphatic heterocycles. The van der Waals surface area contributed by atoms with Gasteiger partial charge in [-0.05, 0) is 29.8 Å². The molecule has 0 atom stereocenters. The van der Waals surface area contributed by atoms with Gasteiger partial charge in [-0.15, -0.1) is 0 Å². The summed E-state index contributed by atoms with van der Waals surface area (Å²) < 4.78 is 20.8. The standard InChI is InChI=1S/C19H17ClN2O5/c1-24-14-7-8-15(16(10-14)25-2)19-21-17(27-22-19)11-26-18(23)9-12-3-5-13(20)6-4-12/h3-8,10H,9,11H2,1-2H3. The van der Waals surface area contributed by atoms with E-state index in [9.17, 15) is 4.79 Å². The van der Waals surface area contributed by atoms with Crippen LogP contribution in [-0.4, -0.2) is 30.3 Å². The summed E-state index contributed by atoms with van der Waals surface area (Å²) in [4.78, 5) is 16.2. The van der Waals surface area contributed by atoms with E-state index < -0.39 is 5.97 Å². The molecule has 0 fully saturated rings. The van der Waals surface area contributed by atoms with Gasteiger partial charge in [-0.3, -0.25) is 4.79 Å². The molecule has 0 unspecified atom stereocenters. The van der Waals surface area contributed by atoms with E-state index >= 15 is 0 Å². The Morgan fingerprint density at radius 3 is 2.59 bits per heavy atom. The SMILES string of the molecule is COc1ccc(-c2noc(COC(=O)Cc3ccc(Cl)cc3)n2)c(OC)c1. The summed E-state index contributed by atoms with van der Waals surface area (Å²) in [6.07, 6.45) is 0.129.